The van der Waals surface area contributed by atoms with Crippen molar-refractivity contribution in [3.8, 4) is 0 Å². The van der Waals surface area contributed by atoms with Gasteiger partial charge in [-0.1, -0.05) is 231 Å². The van der Waals surface area contributed by atoms with Gasteiger partial charge in [0.1, 0.15) is 12.2 Å². The molecule has 0 spiro atoms. The van der Waals surface area contributed by atoms with E-state index < -0.39 is 32.1 Å². The number of hydrogen-bond acceptors (Lipinski definition) is 11. The Hall–Kier alpha value is -2.63. The summed E-state index contributed by atoms with van der Waals surface area (Å²) in [7, 11) is -3.77. The molecule has 0 saturated heterocycles. The van der Waals surface area contributed by atoms with Crippen molar-refractivity contribution in [3.05, 3.63) is 33.5 Å². The molecule has 5 atom stereocenters. The van der Waals surface area contributed by atoms with Gasteiger partial charge in [-0.15, -0.1) is 6.58 Å². The molecule has 0 aliphatic heterocycles. The van der Waals surface area contributed by atoms with Gasteiger partial charge in [-0.05, 0) is 68.8 Å². The number of aliphatic hydroxyl groups is 1. The molecular weight excluding hydrogens is 932 g/mol. The number of rotatable bonds is 54. The molecule has 72 heavy (non-hydrogen) atoms. The first-order valence-electron chi connectivity index (χ1n) is 29.4. The Kier molecular flexibility index (Phi) is 55.7. The molecule has 0 aliphatic rings. The number of aliphatic hydroxyl groups excluding tert-OH is 1. The summed E-state index contributed by atoms with van der Waals surface area (Å²) in [5.74, 6) is -0.461. The molecule has 5 unspecified atom stereocenters. The molecule has 0 fully saturated rings. The maximum atomic E-state index is 12.9. The number of nitrogens with zero attached hydrogens (tertiary/aromatic N) is 6. The van der Waals surface area contributed by atoms with Crippen LogP contribution in [0.1, 0.15) is 285 Å². The Morgan fingerprint density at radius 3 is 1.15 bits per heavy atom. The van der Waals surface area contributed by atoms with Gasteiger partial charge in [0.05, 0.1) is 31.9 Å². The van der Waals surface area contributed by atoms with Crippen molar-refractivity contribution < 1.29 is 42.3 Å². The van der Waals surface area contributed by atoms with Crippen LogP contribution in [0.2, 0.25) is 0 Å². The van der Waals surface area contributed by atoms with E-state index in [2.05, 4.69) is 54.3 Å². The van der Waals surface area contributed by atoms with E-state index in [-0.39, 0.29) is 44.8 Å². The lowest BCUT2D eigenvalue weighted by Gasteiger charge is -2.25. The second-order valence-corrected chi connectivity index (χ2v) is 21.2. The van der Waals surface area contributed by atoms with Crippen molar-refractivity contribution in [1.29, 1.82) is 0 Å². The maximum absolute atomic E-state index is 12.9. The molecule has 0 aromatic carbocycles. The second-order valence-electron chi connectivity index (χ2n) is 19.6. The molecule has 1 N–H and O–H groups in total. The topological polar surface area (TPSA) is 215 Å². The highest BCUT2D eigenvalue weighted by Gasteiger charge is 2.29. The van der Waals surface area contributed by atoms with Gasteiger partial charge in [0.15, 0.2) is 0 Å². The van der Waals surface area contributed by atoms with E-state index in [1.807, 2.05) is 6.92 Å². The number of azide groups is 2. The summed E-state index contributed by atoms with van der Waals surface area (Å²) in [5.41, 5.74) is 18.1. The fourth-order valence-electron chi connectivity index (χ4n) is 8.53. The minimum absolute atomic E-state index is 0.0225. The van der Waals surface area contributed by atoms with Crippen LogP contribution < -0.4 is 0 Å². The van der Waals surface area contributed by atoms with Crippen molar-refractivity contribution in [3.63, 3.8) is 0 Å². The zero-order valence-corrected chi connectivity index (χ0v) is 47.7. The lowest BCUT2D eigenvalue weighted by Crippen LogP contribution is -2.31. The standard InChI is InChI=1S/C31H60N3O6P.C25H49N3O3/c1-5-9-11-13-15-17-19-21-23-30(40-31(35)24-22-20-18-16-14-12-10-6-2)29(33-34-32)25-28-39-41(36,37-26-7-3)38-27-8-4;1-3-5-7-9-11-13-15-17-19-24(23(21-22-29)27-28-26)31-25(30)20-18-16-14-12-10-8-6-4-2/h7,29-30H,3,5-6,8-28H2,1-2,4H3;23-24,29H,3-22H2,1-2H3. The average Bonchev–Trinajstić information content (AvgIpc) is 3.37. The third kappa shape index (κ3) is 47.1. The molecular formula is C56H109N6O9P. The predicted octanol–water partition coefficient (Wildman–Crippen LogP) is 18.8. The number of carbonyl (C=O) groups excluding carboxylic acids is 2. The van der Waals surface area contributed by atoms with Crippen LogP contribution in [0.4, 0.5) is 0 Å². The third-order valence-corrected chi connectivity index (χ3v) is 14.3. The van der Waals surface area contributed by atoms with E-state index in [9.17, 15) is 24.8 Å². The lowest BCUT2D eigenvalue weighted by atomic mass is 10.0. The molecule has 0 bridgehead atoms. The van der Waals surface area contributed by atoms with Crippen molar-refractivity contribution in [2.24, 2.45) is 10.2 Å². The van der Waals surface area contributed by atoms with Gasteiger partial charge in [0.2, 0.25) is 0 Å². The van der Waals surface area contributed by atoms with Gasteiger partial charge in [-0.2, -0.15) is 0 Å². The van der Waals surface area contributed by atoms with Crippen molar-refractivity contribution in [2.75, 3.05) is 26.4 Å². The molecule has 0 rings (SSSR count). The molecule has 0 amide bonds. The minimum atomic E-state index is -3.77. The maximum Gasteiger partial charge on any atom is 0.475 e. The van der Waals surface area contributed by atoms with Gasteiger partial charge in [-0.25, -0.2) is 4.57 Å². The Morgan fingerprint density at radius 2 is 0.819 bits per heavy atom. The van der Waals surface area contributed by atoms with Gasteiger partial charge in [0.25, 0.3) is 0 Å². The highest BCUT2D eigenvalue weighted by atomic mass is 31.2. The smallest absolute Gasteiger partial charge is 0.462 e. The van der Waals surface area contributed by atoms with Gasteiger partial charge >= 0.3 is 19.8 Å². The van der Waals surface area contributed by atoms with Crippen LogP contribution in [0.5, 0.6) is 0 Å². The quantitative estimate of drug-likeness (QED) is 0.0116. The SMILES string of the molecule is C=CCOP(=O)(OCCC)OCCC(N=[N+]=[N-])C(CCCCCCCCCC)OC(=O)CCCCCCCCCC.CCCCCCCCCCC(=O)OC(CCCCCCCCCC)C(CCO)N=[N+]=[N-]. The monoisotopic (exact) mass is 1040 g/mol. The van der Waals surface area contributed by atoms with Crippen molar-refractivity contribution in [1.82, 2.24) is 0 Å². The predicted molar refractivity (Wildman–Crippen MR) is 297 cm³/mol. The molecule has 0 heterocycles. The Morgan fingerprint density at radius 1 is 0.486 bits per heavy atom. The van der Waals surface area contributed by atoms with E-state index in [4.69, 9.17) is 28.6 Å². The summed E-state index contributed by atoms with van der Waals surface area (Å²) in [6, 6.07) is -1.12. The highest BCUT2D eigenvalue weighted by Crippen LogP contribution is 2.49. The number of carbonyl (C=O) groups is 2. The zero-order chi connectivity index (χ0) is 53.4. The molecule has 0 aromatic rings. The molecule has 0 aromatic heterocycles. The number of hydrogen-bond donors (Lipinski definition) is 1. The summed E-state index contributed by atoms with van der Waals surface area (Å²) >= 11 is 0. The van der Waals surface area contributed by atoms with Gasteiger partial charge in [-0.3, -0.25) is 23.2 Å². The fourth-order valence-corrected chi connectivity index (χ4v) is 9.77. The summed E-state index contributed by atoms with van der Waals surface area (Å²) in [6.07, 6.45) is 41.4. The first-order chi connectivity index (χ1) is 35.1. The van der Waals surface area contributed by atoms with Crippen LogP contribution in [0, 0.1) is 0 Å². The molecule has 0 aliphatic carbocycles. The van der Waals surface area contributed by atoms with Gasteiger partial charge < -0.3 is 14.6 Å². The summed E-state index contributed by atoms with van der Waals surface area (Å²) in [6.45, 7) is 14.5. The van der Waals surface area contributed by atoms with Crippen LogP contribution >= 0.6 is 7.82 Å². The third-order valence-electron chi connectivity index (χ3n) is 12.9. The van der Waals surface area contributed by atoms with Crippen LogP contribution in [-0.4, -0.2) is 67.8 Å². The number of unbranched alkanes of at least 4 members (excludes halogenated alkanes) is 28. The van der Waals surface area contributed by atoms with Crippen LogP contribution in [-0.2, 0) is 37.2 Å². The van der Waals surface area contributed by atoms with E-state index in [1.54, 1.807) is 0 Å². The normalized spacial score (nSPS) is 13.6. The van der Waals surface area contributed by atoms with E-state index in [1.165, 1.54) is 147 Å². The first-order valence-corrected chi connectivity index (χ1v) is 30.8. The van der Waals surface area contributed by atoms with Crippen LogP contribution in [0.15, 0.2) is 22.9 Å². The summed E-state index contributed by atoms with van der Waals surface area (Å²) in [5, 5.41) is 17.1. The number of ether oxygens (including phenoxy) is 2. The largest absolute Gasteiger partial charge is 0.475 e. The van der Waals surface area contributed by atoms with Crippen LogP contribution in [0.3, 0.4) is 0 Å². The minimum Gasteiger partial charge on any atom is -0.462 e. The molecule has 0 radical (unpaired) electrons. The average molecular weight is 1040 g/mol. The number of esters is 2. The molecule has 0 saturated carbocycles. The first kappa shape index (κ1) is 71.4. The molecule has 422 valence electrons. The van der Waals surface area contributed by atoms with E-state index in [0.29, 0.717) is 38.5 Å². The fraction of sp³-hybridized carbons (Fsp3) is 0.929. The summed E-state index contributed by atoms with van der Waals surface area (Å²) in [4.78, 5) is 31.0. The highest BCUT2D eigenvalue weighted by molar-refractivity contribution is 7.48. The van der Waals surface area contributed by atoms with Crippen molar-refractivity contribution in [2.45, 2.75) is 309 Å². The lowest BCUT2D eigenvalue weighted by molar-refractivity contribution is -0.151. The Balaban J connectivity index is 0. The molecule has 16 heteroatoms. The zero-order valence-electron chi connectivity index (χ0n) is 46.8. The van der Waals surface area contributed by atoms with Gasteiger partial charge in [0, 0.05) is 29.3 Å². The number of phosphoric acid groups is 1. The molecule has 15 nitrogen and oxygen atoms in total. The number of phosphoric ester groups is 1. The summed E-state index contributed by atoms with van der Waals surface area (Å²) < 4.78 is 40.6. The van der Waals surface area contributed by atoms with Crippen LogP contribution in [0.25, 0.3) is 20.9 Å². The van der Waals surface area contributed by atoms with E-state index >= 15 is 0 Å². The Bertz CT molecular complexity index is 1380. The second kappa shape index (κ2) is 56.1. The Labute approximate surface area is 440 Å². The van der Waals surface area contributed by atoms with E-state index in [0.717, 1.165) is 64.2 Å². The van der Waals surface area contributed by atoms with Crippen molar-refractivity contribution >= 4 is 19.8 Å².